The van der Waals surface area contributed by atoms with Gasteiger partial charge in [0.05, 0.1) is 12.2 Å². The number of aryl methyl sites for hydroxylation is 1. The lowest BCUT2D eigenvalue weighted by molar-refractivity contribution is -0.124. The Morgan fingerprint density at radius 2 is 2.43 bits per heavy atom. The molecule has 0 atom stereocenters. The first-order chi connectivity index (χ1) is 6.72. The summed E-state index contributed by atoms with van der Waals surface area (Å²) in [4.78, 5) is 19.1. The number of nitrogens with one attached hydrogen (secondary N) is 1. The van der Waals surface area contributed by atoms with Crippen molar-refractivity contribution in [2.24, 2.45) is 0 Å². The van der Waals surface area contributed by atoms with Crippen LogP contribution < -0.4 is 5.32 Å². The fraction of sp³-hybridized carbons (Fsp3) is 0.444. The summed E-state index contributed by atoms with van der Waals surface area (Å²) in [5.41, 5.74) is 0.793. The zero-order chi connectivity index (χ0) is 10.4. The highest BCUT2D eigenvalue weighted by Crippen LogP contribution is 1.93. The largest absolute Gasteiger partial charge is 0.375 e. The Labute approximate surface area is 82.5 Å². The minimum atomic E-state index is -0.149. The van der Waals surface area contributed by atoms with Crippen LogP contribution in [-0.4, -0.2) is 29.6 Å². The second kappa shape index (κ2) is 5.29. The minimum Gasteiger partial charge on any atom is -0.375 e. The summed E-state index contributed by atoms with van der Waals surface area (Å²) >= 11 is 0. The van der Waals surface area contributed by atoms with Gasteiger partial charge in [-0.1, -0.05) is 0 Å². The molecular formula is C9H13N3O2. The fourth-order valence-corrected chi connectivity index (χ4v) is 0.975. The van der Waals surface area contributed by atoms with Crippen LogP contribution in [-0.2, 0) is 16.1 Å². The summed E-state index contributed by atoms with van der Waals surface area (Å²) in [6.07, 6.45) is 1.67. The van der Waals surface area contributed by atoms with Crippen LogP contribution in [0.5, 0.6) is 0 Å². The first kappa shape index (κ1) is 10.6. The topological polar surface area (TPSA) is 64.1 Å². The molecule has 0 bridgehead atoms. The van der Waals surface area contributed by atoms with Crippen molar-refractivity contribution in [3.8, 4) is 0 Å². The quantitative estimate of drug-likeness (QED) is 0.737. The molecule has 1 aromatic heterocycles. The molecule has 0 aliphatic carbocycles. The highest BCUT2D eigenvalue weighted by Gasteiger charge is 2.00. The fourth-order valence-electron chi connectivity index (χ4n) is 0.975. The van der Waals surface area contributed by atoms with Gasteiger partial charge in [0, 0.05) is 13.3 Å². The van der Waals surface area contributed by atoms with Gasteiger partial charge in [-0.15, -0.1) is 0 Å². The van der Waals surface area contributed by atoms with Crippen LogP contribution in [0.3, 0.4) is 0 Å². The Hall–Kier alpha value is -1.49. The predicted molar refractivity (Wildman–Crippen MR) is 50.5 cm³/mol. The van der Waals surface area contributed by atoms with E-state index in [1.807, 2.05) is 0 Å². The van der Waals surface area contributed by atoms with E-state index < -0.39 is 0 Å². The van der Waals surface area contributed by atoms with Gasteiger partial charge in [-0.3, -0.25) is 4.79 Å². The Morgan fingerprint density at radius 1 is 1.64 bits per heavy atom. The summed E-state index contributed by atoms with van der Waals surface area (Å²) in [6.45, 7) is 2.29. The van der Waals surface area contributed by atoms with Crippen LogP contribution in [0.4, 0.5) is 0 Å². The predicted octanol–water partition coefficient (Wildman–Crippen LogP) is 0.0476. The maximum atomic E-state index is 11.0. The number of rotatable bonds is 4. The molecule has 5 nitrogen and oxygen atoms in total. The van der Waals surface area contributed by atoms with Gasteiger partial charge < -0.3 is 10.1 Å². The summed E-state index contributed by atoms with van der Waals surface area (Å²) in [6, 6.07) is 1.76. The molecule has 0 aromatic carbocycles. The van der Waals surface area contributed by atoms with Gasteiger partial charge in [-0.05, 0) is 13.0 Å². The molecule has 1 N–H and O–H groups in total. The third-order valence-corrected chi connectivity index (χ3v) is 1.58. The van der Waals surface area contributed by atoms with Crippen molar-refractivity contribution in [3.05, 3.63) is 23.8 Å². The molecule has 0 saturated carbocycles. The van der Waals surface area contributed by atoms with E-state index >= 15 is 0 Å². The highest BCUT2D eigenvalue weighted by atomic mass is 16.5. The van der Waals surface area contributed by atoms with Crippen molar-refractivity contribution in [2.45, 2.75) is 13.5 Å². The van der Waals surface area contributed by atoms with Crippen molar-refractivity contribution in [2.75, 3.05) is 13.7 Å². The van der Waals surface area contributed by atoms with E-state index in [2.05, 4.69) is 20.0 Å². The van der Waals surface area contributed by atoms with Crippen LogP contribution in [0.15, 0.2) is 12.3 Å². The number of carbonyl (C=O) groups excluding carboxylic acids is 1. The summed E-state index contributed by atoms with van der Waals surface area (Å²) in [5, 5.41) is 2.67. The van der Waals surface area contributed by atoms with Crippen LogP contribution in [0.2, 0.25) is 0 Å². The Morgan fingerprint density at radius 3 is 3.07 bits per heavy atom. The van der Waals surface area contributed by atoms with Crippen molar-refractivity contribution in [3.63, 3.8) is 0 Å². The Bertz CT molecular complexity index is 315. The van der Waals surface area contributed by atoms with E-state index in [0.717, 1.165) is 5.69 Å². The molecule has 0 aliphatic heterocycles. The smallest absolute Gasteiger partial charge is 0.246 e. The van der Waals surface area contributed by atoms with Crippen molar-refractivity contribution in [1.29, 1.82) is 0 Å². The Balaban J connectivity index is 2.41. The standard InChI is InChI=1S/C9H13N3O2/c1-7-10-4-3-8(12-7)5-11-9(13)6-14-2/h3-4H,5-6H2,1-2H3,(H,11,13). The van der Waals surface area contributed by atoms with Crippen molar-refractivity contribution < 1.29 is 9.53 Å². The van der Waals surface area contributed by atoms with Gasteiger partial charge in [-0.25, -0.2) is 9.97 Å². The number of aromatic nitrogens is 2. The van der Waals surface area contributed by atoms with Crippen LogP contribution in [0.25, 0.3) is 0 Å². The first-order valence-electron chi connectivity index (χ1n) is 4.26. The molecule has 0 radical (unpaired) electrons. The van der Waals surface area contributed by atoms with Crippen LogP contribution in [0.1, 0.15) is 11.5 Å². The molecule has 76 valence electrons. The van der Waals surface area contributed by atoms with Gasteiger partial charge in [0.2, 0.25) is 5.91 Å². The van der Waals surface area contributed by atoms with E-state index in [1.165, 1.54) is 7.11 Å². The summed E-state index contributed by atoms with van der Waals surface area (Å²) < 4.78 is 4.67. The maximum Gasteiger partial charge on any atom is 0.246 e. The van der Waals surface area contributed by atoms with Gasteiger partial charge >= 0.3 is 0 Å². The van der Waals surface area contributed by atoms with E-state index in [9.17, 15) is 4.79 Å². The normalized spacial score (nSPS) is 9.86. The average Bonchev–Trinajstić information content (AvgIpc) is 2.15. The molecule has 1 rings (SSSR count). The number of methoxy groups -OCH3 is 1. The van der Waals surface area contributed by atoms with E-state index in [1.54, 1.807) is 19.2 Å². The molecule has 1 heterocycles. The minimum absolute atomic E-state index is 0.0735. The highest BCUT2D eigenvalue weighted by molar-refractivity contribution is 5.77. The zero-order valence-electron chi connectivity index (χ0n) is 8.28. The van der Waals surface area contributed by atoms with Crippen molar-refractivity contribution >= 4 is 5.91 Å². The van der Waals surface area contributed by atoms with Gasteiger partial charge in [0.25, 0.3) is 0 Å². The lowest BCUT2D eigenvalue weighted by Crippen LogP contribution is -2.27. The molecule has 5 heteroatoms. The molecule has 14 heavy (non-hydrogen) atoms. The number of hydrogen-bond donors (Lipinski definition) is 1. The number of nitrogens with zero attached hydrogens (tertiary/aromatic N) is 2. The first-order valence-corrected chi connectivity index (χ1v) is 4.26. The second-order valence-corrected chi connectivity index (χ2v) is 2.80. The third kappa shape index (κ3) is 3.49. The lowest BCUT2D eigenvalue weighted by Gasteiger charge is -2.03. The SMILES string of the molecule is COCC(=O)NCc1ccnc(C)n1. The van der Waals surface area contributed by atoms with E-state index in [4.69, 9.17) is 0 Å². The number of amides is 1. The second-order valence-electron chi connectivity index (χ2n) is 2.80. The molecule has 0 spiro atoms. The number of ether oxygens (including phenoxy) is 1. The number of hydrogen-bond acceptors (Lipinski definition) is 4. The molecule has 0 fully saturated rings. The zero-order valence-corrected chi connectivity index (χ0v) is 8.28. The molecule has 0 unspecified atom stereocenters. The van der Waals surface area contributed by atoms with Crippen LogP contribution in [0, 0.1) is 6.92 Å². The maximum absolute atomic E-state index is 11.0. The Kier molecular flexibility index (Phi) is 4.00. The lowest BCUT2D eigenvalue weighted by atomic mass is 10.4. The third-order valence-electron chi connectivity index (χ3n) is 1.58. The van der Waals surface area contributed by atoms with Gasteiger partial charge in [0.1, 0.15) is 12.4 Å². The molecule has 0 saturated heterocycles. The molecule has 0 aliphatic rings. The van der Waals surface area contributed by atoms with Crippen LogP contribution >= 0.6 is 0 Å². The summed E-state index contributed by atoms with van der Waals surface area (Å²) in [5.74, 6) is 0.548. The molecule has 1 aromatic rings. The van der Waals surface area contributed by atoms with E-state index in [-0.39, 0.29) is 12.5 Å². The average molecular weight is 195 g/mol. The number of carbonyl (C=O) groups is 1. The van der Waals surface area contributed by atoms with E-state index in [0.29, 0.717) is 12.4 Å². The molecule has 1 amide bonds. The summed E-state index contributed by atoms with van der Waals surface area (Å²) in [7, 11) is 1.48. The van der Waals surface area contributed by atoms with Gasteiger partial charge in [0.15, 0.2) is 0 Å². The monoisotopic (exact) mass is 195 g/mol. The van der Waals surface area contributed by atoms with Gasteiger partial charge in [-0.2, -0.15) is 0 Å². The van der Waals surface area contributed by atoms with Crippen molar-refractivity contribution in [1.82, 2.24) is 15.3 Å². The molecular weight excluding hydrogens is 182 g/mol.